The molecule has 1 heterocycles. The van der Waals surface area contributed by atoms with E-state index < -0.39 is 0 Å². The van der Waals surface area contributed by atoms with Crippen LogP contribution >= 0.6 is 11.8 Å². The Morgan fingerprint density at radius 2 is 1.54 bits per heavy atom. The van der Waals surface area contributed by atoms with Gasteiger partial charge in [0.05, 0.1) is 10.6 Å². The molecule has 0 bridgehead atoms. The van der Waals surface area contributed by atoms with Crippen molar-refractivity contribution in [3.05, 3.63) is 101 Å². The van der Waals surface area contributed by atoms with E-state index in [9.17, 15) is 4.79 Å². The molecule has 0 radical (unpaired) electrons. The topological polar surface area (TPSA) is 53.4 Å². The van der Waals surface area contributed by atoms with Crippen LogP contribution in [0.5, 0.6) is 5.75 Å². The number of carbonyl (C=O) groups is 1. The van der Waals surface area contributed by atoms with E-state index in [2.05, 4.69) is 0 Å². The molecule has 0 unspecified atom stereocenters. The quantitative estimate of drug-likeness (QED) is 0.604. The van der Waals surface area contributed by atoms with Crippen LogP contribution in [0.3, 0.4) is 0 Å². The summed E-state index contributed by atoms with van der Waals surface area (Å²) < 4.78 is 5.79. The number of thioether (sulfide) groups is 1. The van der Waals surface area contributed by atoms with Crippen molar-refractivity contribution in [2.75, 3.05) is 4.90 Å². The van der Waals surface area contributed by atoms with Crippen molar-refractivity contribution < 1.29 is 9.53 Å². The predicted octanol–water partition coefficient (Wildman–Crippen LogP) is 5.32. The highest BCUT2D eigenvalue weighted by atomic mass is 32.2. The largest absolute Gasteiger partial charge is 0.489 e. The molecule has 1 aliphatic rings. The summed E-state index contributed by atoms with van der Waals surface area (Å²) >= 11 is 1.17. The second kappa shape index (κ2) is 8.15. The Labute approximate surface area is 168 Å². The van der Waals surface area contributed by atoms with Crippen molar-refractivity contribution in [1.29, 1.82) is 5.41 Å². The normalized spacial score (nSPS) is 15.3. The lowest BCUT2D eigenvalue weighted by Gasteiger charge is -2.13. The third-order valence-corrected chi connectivity index (χ3v) is 5.15. The molecular formula is C23H18N2O2S. The summed E-state index contributed by atoms with van der Waals surface area (Å²) in [5.41, 5.74) is 2.71. The Bertz CT molecular complexity index is 1020. The van der Waals surface area contributed by atoms with Crippen molar-refractivity contribution in [2.45, 2.75) is 6.61 Å². The molecule has 3 aromatic rings. The molecule has 138 valence electrons. The smallest absolute Gasteiger partial charge is 0.271 e. The van der Waals surface area contributed by atoms with Gasteiger partial charge in [-0.05, 0) is 53.2 Å². The van der Waals surface area contributed by atoms with E-state index in [1.807, 2.05) is 91.0 Å². The number of nitrogens with zero attached hydrogens (tertiary/aromatic N) is 1. The van der Waals surface area contributed by atoms with E-state index in [-0.39, 0.29) is 11.1 Å². The highest BCUT2D eigenvalue weighted by molar-refractivity contribution is 8.19. The van der Waals surface area contributed by atoms with Crippen molar-refractivity contribution in [3.8, 4) is 5.75 Å². The van der Waals surface area contributed by atoms with Gasteiger partial charge in [-0.15, -0.1) is 0 Å². The lowest BCUT2D eigenvalue weighted by Crippen LogP contribution is -2.27. The first-order valence-electron chi connectivity index (χ1n) is 8.85. The number of rotatable bonds is 5. The summed E-state index contributed by atoms with van der Waals surface area (Å²) in [6.45, 7) is 0.513. The zero-order chi connectivity index (χ0) is 19.3. The van der Waals surface area contributed by atoms with Gasteiger partial charge in [0.1, 0.15) is 12.4 Å². The Morgan fingerprint density at radius 1 is 0.893 bits per heavy atom. The van der Waals surface area contributed by atoms with Crippen LogP contribution in [0, 0.1) is 5.41 Å². The van der Waals surface area contributed by atoms with E-state index in [4.69, 9.17) is 10.1 Å². The minimum atomic E-state index is -0.175. The van der Waals surface area contributed by atoms with Gasteiger partial charge in [0.25, 0.3) is 5.91 Å². The minimum Gasteiger partial charge on any atom is -0.489 e. The maximum absolute atomic E-state index is 12.7. The number of hydrogen-bond acceptors (Lipinski definition) is 4. The van der Waals surface area contributed by atoms with Crippen LogP contribution in [0.4, 0.5) is 5.69 Å². The average molecular weight is 386 g/mol. The fourth-order valence-corrected chi connectivity index (χ4v) is 3.71. The second-order valence-corrected chi connectivity index (χ2v) is 7.27. The van der Waals surface area contributed by atoms with Crippen LogP contribution in [0.1, 0.15) is 11.1 Å². The standard InChI is InChI=1S/C23H18N2O2S/c24-23-25(19-9-5-2-6-10-19)22(26)21(28-23)15-17-11-13-20(14-12-17)27-16-18-7-3-1-4-8-18/h1-15,24H,16H2/b21-15-,24-23?. The fourth-order valence-electron chi connectivity index (χ4n) is 2.85. The van der Waals surface area contributed by atoms with Crippen LogP contribution in [-0.4, -0.2) is 11.1 Å². The molecule has 1 aliphatic heterocycles. The van der Waals surface area contributed by atoms with Crippen molar-refractivity contribution in [3.63, 3.8) is 0 Å². The van der Waals surface area contributed by atoms with Gasteiger partial charge in [-0.3, -0.25) is 15.1 Å². The van der Waals surface area contributed by atoms with Gasteiger partial charge in [-0.1, -0.05) is 60.7 Å². The lowest BCUT2D eigenvalue weighted by atomic mass is 10.2. The number of anilines is 1. The number of nitrogens with one attached hydrogen (secondary N) is 1. The zero-order valence-corrected chi connectivity index (χ0v) is 15.9. The molecule has 0 saturated carbocycles. The zero-order valence-electron chi connectivity index (χ0n) is 15.0. The average Bonchev–Trinajstić information content (AvgIpc) is 3.02. The van der Waals surface area contributed by atoms with E-state index in [0.717, 1.165) is 16.9 Å². The number of amidine groups is 1. The second-order valence-electron chi connectivity index (χ2n) is 6.24. The Morgan fingerprint density at radius 3 is 2.21 bits per heavy atom. The molecule has 0 atom stereocenters. The van der Waals surface area contributed by atoms with E-state index in [1.165, 1.54) is 16.7 Å². The Hall–Kier alpha value is -3.31. The molecule has 5 heteroatoms. The molecule has 0 aliphatic carbocycles. The predicted molar refractivity (Wildman–Crippen MR) is 114 cm³/mol. The first-order valence-corrected chi connectivity index (χ1v) is 9.67. The van der Waals surface area contributed by atoms with Crippen LogP contribution in [0.15, 0.2) is 89.8 Å². The molecular weight excluding hydrogens is 368 g/mol. The minimum absolute atomic E-state index is 0.175. The van der Waals surface area contributed by atoms with Crippen LogP contribution in [-0.2, 0) is 11.4 Å². The maximum Gasteiger partial charge on any atom is 0.271 e. The van der Waals surface area contributed by atoms with Gasteiger partial charge in [0.15, 0.2) is 5.17 Å². The number of amides is 1. The molecule has 28 heavy (non-hydrogen) atoms. The lowest BCUT2D eigenvalue weighted by molar-refractivity contribution is -0.113. The van der Waals surface area contributed by atoms with Crippen molar-refractivity contribution in [1.82, 2.24) is 0 Å². The molecule has 3 aromatic carbocycles. The third-order valence-electron chi connectivity index (χ3n) is 4.26. The van der Waals surface area contributed by atoms with Gasteiger partial charge in [-0.25, -0.2) is 0 Å². The molecule has 1 amide bonds. The van der Waals surface area contributed by atoms with Crippen LogP contribution in [0.2, 0.25) is 0 Å². The fraction of sp³-hybridized carbons (Fsp3) is 0.0435. The number of ether oxygens (including phenoxy) is 1. The molecule has 0 aromatic heterocycles. The first-order chi connectivity index (χ1) is 13.7. The summed E-state index contributed by atoms with van der Waals surface area (Å²) in [7, 11) is 0. The summed E-state index contributed by atoms with van der Waals surface area (Å²) in [5, 5.41) is 8.36. The maximum atomic E-state index is 12.7. The number of hydrogen-bond donors (Lipinski definition) is 1. The van der Waals surface area contributed by atoms with Crippen molar-refractivity contribution >= 4 is 34.6 Å². The Kier molecular flexibility index (Phi) is 5.26. The van der Waals surface area contributed by atoms with Gasteiger partial charge in [0, 0.05) is 0 Å². The summed E-state index contributed by atoms with van der Waals surface area (Å²) in [4.78, 5) is 14.7. The van der Waals surface area contributed by atoms with E-state index in [1.54, 1.807) is 0 Å². The van der Waals surface area contributed by atoms with Gasteiger partial charge in [0.2, 0.25) is 0 Å². The molecule has 1 N–H and O–H groups in total. The molecule has 4 nitrogen and oxygen atoms in total. The summed E-state index contributed by atoms with van der Waals surface area (Å²) in [6, 6.07) is 26.9. The monoisotopic (exact) mass is 386 g/mol. The Balaban J connectivity index is 1.45. The van der Waals surface area contributed by atoms with Crippen LogP contribution < -0.4 is 9.64 Å². The first kappa shape index (κ1) is 18.1. The third kappa shape index (κ3) is 4.00. The molecule has 1 saturated heterocycles. The number of para-hydroxylation sites is 1. The summed E-state index contributed by atoms with van der Waals surface area (Å²) in [5.74, 6) is 0.598. The molecule has 0 spiro atoms. The highest BCUT2D eigenvalue weighted by Crippen LogP contribution is 2.35. The number of benzene rings is 3. The molecule has 4 rings (SSSR count). The van der Waals surface area contributed by atoms with Gasteiger partial charge >= 0.3 is 0 Å². The SMILES string of the molecule is N=C1S/C(=C\c2ccc(OCc3ccccc3)cc2)C(=O)N1c1ccccc1. The van der Waals surface area contributed by atoms with Gasteiger partial charge < -0.3 is 4.74 Å². The summed E-state index contributed by atoms with van der Waals surface area (Å²) in [6.07, 6.45) is 1.81. The van der Waals surface area contributed by atoms with Gasteiger partial charge in [-0.2, -0.15) is 0 Å². The number of carbonyl (C=O) groups excluding carboxylic acids is 1. The van der Waals surface area contributed by atoms with Crippen molar-refractivity contribution in [2.24, 2.45) is 0 Å². The van der Waals surface area contributed by atoms with E-state index >= 15 is 0 Å². The molecule has 1 fully saturated rings. The van der Waals surface area contributed by atoms with Crippen LogP contribution in [0.25, 0.3) is 6.08 Å². The van der Waals surface area contributed by atoms with E-state index in [0.29, 0.717) is 17.2 Å². The highest BCUT2D eigenvalue weighted by Gasteiger charge is 2.33.